The van der Waals surface area contributed by atoms with E-state index in [-0.39, 0.29) is 17.6 Å². The molecule has 0 aliphatic carbocycles. The monoisotopic (exact) mass is 427 g/mol. The van der Waals surface area contributed by atoms with E-state index in [4.69, 9.17) is 10.5 Å². The van der Waals surface area contributed by atoms with E-state index >= 15 is 0 Å². The van der Waals surface area contributed by atoms with Gasteiger partial charge in [-0.2, -0.15) is 0 Å². The van der Waals surface area contributed by atoms with Gasteiger partial charge in [-0.15, -0.1) is 0 Å². The van der Waals surface area contributed by atoms with E-state index in [1.807, 2.05) is 12.1 Å². The standard InChI is InChI=1S/C13H19Br2NO3S/c1-9(2)20(17,18)6-5-19-13-11(14)7-10(3-4-16)8-12(13)15/h7-9H,3-6,16H2,1-2H3. The topological polar surface area (TPSA) is 69.4 Å². The molecule has 0 fully saturated rings. The van der Waals surface area contributed by atoms with Gasteiger partial charge in [-0.3, -0.25) is 0 Å². The Morgan fingerprint density at radius 3 is 2.25 bits per heavy atom. The molecule has 0 aliphatic heterocycles. The van der Waals surface area contributed by atoms with Crippen LogP contribution in [-0.4, -0.2) is 32.6 Å². The quantitative estimate of drug-likeness (QED) is 0.724. The van der Waals surface area contributed by atoms with Crippen molar-refractivity contribution in [2.45, 2.75) is 25.5 Å². The molecule has 0 heterocycles. The summed E-state index contributed by atoms with van der Waals surface area (Å²) in [6.07, 6.45) is 0.777. The van der Waals surface area contributed by atoms with Gasteiger partial charge in [-0.1, -0.05) is 0 Å². The molecule has 20 heavy (non-hydrogen) atoms. The SMILES string of the molecule is CC(C)S(=O)(=O)CCOc1c(Br)cc(CCN)cc1Br. The van der Waals surface area contributed by atoms with Crippen molar-refractivity contribution in [1.29, 1.82) is 0 Å². The number of sulfone groups is 1. The molecule has 0 spiro atoms. The summed E-state index contributed by atoms with van der Waals surface area (Å²) >= 11 is 6.86. The summed E-state index contributed by atoms with van der Waals surface area (Å²) in [6, 6.07) is 3.87. The van der Waals surface area contributed by atoms with E-state index in [1.54, 1.807) is 13.8 Å². The Morgan fingerprint density at radius 1 is 1.25 bits per heavy atom. The second-order valence-corrected chi connectivity index (χ2v) is 9.08. The molecule has 0 aromatic heterocycles. The molecule has 0 unspecified atom stereocenters. The first-order chi connectivity index (χ1) is 9.27. The van der Waals surface area contributed by atoms with Crippen LogP contribution in [0, 0.1) is 0 Å². The summed E-state index contributed by atoms with van der Waals surface area (Å²) in [6.45, 7) is 4.05. The number of ether oxygens (including phenoxy) is 1. The molecule has 0 saturated heterocycles. The van der Waals surface area contributed by atoms with E-state index < -0.39 is 9.84 Å². The van der Waals surface area contributed by atoms with Gasteiger partial charge in [0, 0.05) is 0 Å². The fourth-order valence-corrected chi connectivity index (χ4v) is 3.85. The summed E-state index contributed by atoms with van der Waals surface area (Å²) in [7, 11) is -3.08. The molecule has 4 nitrogen and oxygen atoms in total. The second-order valence-electron chi connectivity index (χ2n) is 4.69. The van der Waals surface area contributed by atoms with Crippen LogP contribution in [0.2, 0.25) is 0 Å². The van der Waals surface area contributed by atoms with E-state index in [1.165, 1.54) is 0 Å². The minimum absolute atomic E-state index is 0.00803. The molecule has 1 aromatic carbocycles. The van der Waals surface area contributed by atoms with Gasteiger partial charge >= 0.3 is 0 Å². The lowest BCUT2D eigenvalue weighted by Gasteiger charge is -2.13. The number of hydrogen-bond donors (Lipinski definition) is 1. The third kappa shape index (κ3) is 5.02. The maximum Gasteiger partial charge on any atom is 0.155 e. The number of nitrogens with two attached hydrogens (primary N) is 1. The molecular formula is C13H19Br2NO3S. The Kier molecular flexibility index (Phi) is 6.97. The maximum atomic E-state index is 11.7. The van der Waals surface area contributed by atoms with Gasteiger partial charge in [0.15, 0.2) is 9.84 Å². The zero-order chi connectivity index (χ0) is 15.3. The lowest BCUT2D eigenvalue weighted by Crippen LogP contribution is -2.22. The van der Waals surface area contributed by atoms with Crippen LogP contribution in [-0.2, 0) is 16.3 Å². The summed E-state index contributed by atoms with van der Waals surface area (Å²) in [5.74, 6) is 0.624. The van der Waals surface area contributed by atoms with Crippen molar-refractivity contribution in [1.82, 2.24) is 0 Å². The highest BCUT2D eigenvalue weighted by Crippen LogP contribution is 2.34. The van der Waals surface area contributed by atoms with Crippen LogP contribution in [0.3, 0.4) is 0 Å². The molecule has 2 N–H and O–H groups in total. The van der Waals surface area contributed by atoms with Gasteiger partial charge in [-0.05, 0) is 76.4 Å². The highest BCUT2D eigenvalue weighted by Gasteiger charge is 2.17. The van der Waals surface area contributed by atoms with Crippen LogP contribution in [0.25, 0.3) is 0 Å². The normalized spacial score (nSPS) is 11.9. The average Bonchev–Trinajstić information content (AvgIpc) is 2.32. The van der Waals surface area contributed by atoms with Gasteiger partial charge in [0.25, 0.3) is 0 Å². The molecule has 0 bridgehead atoms. The van der Waals surface area contributed by atoms with Gasteiger partial charge in [0.2, 0.25) is 0 Å². The van der Waals surface area contributed by atoms with Crippen molar-refractivity contribution < 1.29 is 13.2 Å². The minimum Gasteiger partial charge on any atom is -0.490 e. The lowest BCUT2D eigenvalue weighted by atomic mass is 10.1. The first-order valence-electron chi connectivity index (χ1n) is 6.30. The van der Waals surface area contributed by atoms with E-state index in [0.717, 1.165) is 20.9 Å². The van der Waals surface area contributed by atoms with E-state index in [0.29, 0.717) is 12.3 Å². The smallest absolute Gasteiger partial charge is 0.155 e. The average molecular weight is 429 g/mol. The highest BCUT2D eigenvalue weighted by atomic mass is 79.9. The van der Waals surface area contributed by atoms with Gasteiger partial charge in [0.05, 0.1) is 19.9 Å². The molecular weight excluding hydrogens is 410 g/mol. The minimum atomic E-state index is -3.08. The zero-order valence-electron chi connectivity index (χ0n) is 11.5. The van der Waals surface area contributed by atoms with Crippen molar-refractivity contribution in [2.75, 3.05) is 18.9 Å². The third-order valence-corrected chi connectivity index (χ3v) is 6.17. The molecule has 1 aromatic rings. The van der Waals surface area contributed by atoms with Crippen LogP contribution in [0.4, 0.5) is 0 Å². The van der Waals surface area contributed by atoms with Crippen molar-refractivity contribution in [3.8, 4) is 5.75 Å². The van der Waals surface area contributed by atoms with Crippen molar-refractivity contribution in [2.24, 2.45) is 5.73 Å². The summed E-state index contributed by atoms with van der Waals surface area (Å²) < 4.78 is 30.6. The van der Waals surface area contributed by atoms with Crippen LogP contribution < -0.4 is 10.5 Å². The maximum absolute atomic E-state index is 11.7. The fourth-order valence-electron chi connectivity index (χ4n) is 1.56. The first-order valence-corrected chi connectivity index (χ1v) is 9.60. The van der Waals surface area contributed by atoms with Crippen LogP contribution >= 0.6 is 31.9 Å². The Hall–Kier alpha value is -0.110. The number of benzene rings is 1. The molecule has 0 aliphatic rings. The lowest BCUT2D eigenvalue weighted by molar-refractivity contribution is 0.336. The fraction of sp³-hybridized carbons (Fsp3) is 0.538. The van der Waals surface area contributed by atoms with Crippen molar-refractivity contribution in [3.63, 3.8) is 0 Å². The van der Waals surface area contributed by atoms with E-state index in [9.17, 15) is 8.42 Å². The number of rotatable bonds is 7. The number of halogens is 2. The molecule has 0 atom stereocenters. The Labute approximate surface area is 137 Å². The Morgan fingerprint density at radius 2 is 1.80 bits per heavy atom. The highest BCUT2D eigenvalue weighted by molar-refractivity contribution is 9.11. The largest absolute Gasteiger partial charge is 0.490 e. The van der Waals surface area contributed by atoms with Crippen molar-refractivity contribution >= 4 is 41.7 Å². The van der Waals surface area contributed by atoms with Crippen LogP contribution in [0.1, 0.15) is 19.4 Å². The Bertz CT molecular complexity index is 536. The third-order valence-electron chi connectivity index (χ3n) is 2.82. The molecule has 114 valence electrons. The predicted octanol–water partition coefficient (Wildman–Crippen LogP) is 2.91. The molecule has 0 amide bonds. The van der Waals surface area contributed by atoms with E-state index in [2.05, 4.69) is 31.9 Å². The van der Waals surface area contributed by atoms with Crippen molar-refractivity contribution in [3.05, 3.63) is 26.6 Å². The van der Waals surface area contributed by atoms with Gasteiger partial charge < -0.3 is 10.5 Å². The molecule has 0 saturated carbocycles. The first kappa shape index (κ1) is 17.9. The molecule has 7 heteroatoms. The van der Waals surface area contributed by atoms with Gasteiger partial charge in [0.1, 0.15) is 12.4 Å². The predicted molar refractivity (Wildman–Crippen MR) is 89.0 cm³/mol. The Balaban J connectivity index is 2.74. The summed E-state index contributed by atoms with van der Waals surface area (Å²) in [5.41, 5.74) is 6.62. The summed E-state index contributed by atoms with van der Waals surface area (Å²) in [5, 5.41) is -0.384. The summed E-state index contributed by atoms with van der Waals surface area (Å²) in [4.78, 5) is 0. The van der Waals surface area contributed by atoms with Crippen LogP contribution in [0.15, 0.2) is 21.1 Å². The second kappa shape index (κ2) is 7.77. The molecule has 1 rings (SSSR count). The number of hydrogen-bond acceptors (Lipinski definition) is 4. The van der Waals surface area contributed by atoms with Crippen LogP contribution in [0.5, 0.6) is 5.75 Å². The van der Waals surface area contributed by atoms with Gasteiger partial charge in [-0.25, -0.2) is 8.42 Å². The molecule has 0 radical (unpaired) electrons. The zero-order valence-corrected chi connectivity index (χ0v) is 15.5.